The van der Waals surface area contributed by atoms with Crippen LogP contribution >= 0.6 is 0 Å². The highest BCUT2D eigenvalue weighted by atomic mass is 16.2. The molecule has 0 radical (unpaired) electrons. The smallest absolute Gasteiger partial charge is 0.247 e. The molecule has 110 valence electrons. The Balaban J connectivity index is 1.68. The number of allylic oxidation sites excluding steroid dienone is 1. The maximum atomic E-state index is 12.5. The third-order valence-electron chi connectivity index (χ3n) is 4.98. The summed E-state index contributed by atoms with van der Waals surface area (Å²) >= 11 is 0. The number of nitrogens with zero attached hydrogens (tertiary/aromatic N) is 1. The first kappa shape index (κ1) is 13.7. The normalized spacial score (nSPS) is 32.4. The molecule has 0 spiro atoms. The molecule has 1 N–H and O–H groups in total. The Hall–Kier alpha value is -1.32. The standard InChI is InChI=1S/C16H24N2O2/c1-11(2)6-7-14(19)18-9-8-12-10-16(12,18)15(20)17-13-4-3-5-13/h6-7,11-13H,3-5,8-10H2,1-2H3,(H,17,20)/b7-6+. The average molecular weight is 276 g/mol. The van der Waals surface area contributed by atoms with Gasteiger partial charge >= 0.3 is 0 Å². The second-order valence-electron chi connectivity index (χ2n) is 6.81. The van der Waals surface area contributed by atoms with Gasteiger partial charge in [-0.3, -0.25) is 9.59 Å². The van der Waals surface area contributed by atoms with Crippen LogP contribution in [0.15, 0.2) is 12.2 Å². The summed E-state index contributed by atoms with van der Waals surface area (Å²) in [4.78, 5) is 26.7. The third kappa shape index (κ3) is 2.15. The van der Waals surface area contributed by atoms with Crippen molar-refractivity contribution in [2.24, 2.45) is 11.8 Å². The van der Waals surface area contributed by atoms with Crippen LogP contribution in [0.25, 0.3) is 0 Å². The summed E-state index contributed by atoms with van der Waals surface area (Å²) in [5, 5.41) is 3.13. The van der Waals surface area contributed by atoms with Gasteiger partial charge in [0, 0.05) is 12.6 Å². The van der Waals surface area contributed by atoms with Gasteiger partial charge in [0.25, 0.3) is 0 Å². The van der Waals surface area contributed by atoms with E-state index in [4.69, 9.17) is 0 Å². The van der Waals surface area contributed by atoms with Crippen molar-refractivity contribution < 1.29 is 9.59 Å². The number of hydrogen-bond donors (Lipinski definition) is 1. The van der Waals surface area contributed by atoms with Crippen LogP contribution in [0.2, 0.25) is 0 Å². The van der Waals surface area contributed by atoms with Crippen LogP contribution in [0.4, 0.5) is 0 Å². The zero-order valence-corrected chi connectivity index (χ0v) is 12.4. The highest BCUT2D eigenvalue weighted by Gasteiger charge is 2.68. The van der Waals surface area contributed by atoms with Gasteiger partial charge in [-0.2, -0.15) is 0 Å². The number of amides is 2. The Bertz CT molecular complexity index is 453. The number of fused-ring (bicyclic) bond motifs is 1. The second-order valence-corrected chi connectivity index (χ2v) is 6.81. The summed E-state index contributed by atoms with van der Waals surface area (Å²) in [6.45, 7) is 4.82. The number of carbonyl (C=O) groups excluding carboxylic acids is 2. The number of piperidine rings is 1. The first-order valence-corrected chi connectivity index (χ1v) is 7.85. The Morgan fingerprint density at radius 3 is 2.60 bits per heavy atom. The van der Waals surface area contributed by atoms with Crippen molar-refractivity contribution in [3.63, 3.8) is 0 Å². The number of carbonyl (C=O) groups is 2. The maximum absolute atomic E-state index is 12.5. The first-order valence-electron chi connectivity index (χ1n) is 7.85. The van der Waals surface area contributed by atoms with Gasteiger partial charge in [-0.1, -0.05) is 19.9 Å². The molecule has 1 aliphatic heterocycles. The van der Waals surface area contributed by atoms with Gasteiger partial charge in [0.15, 0.2) is 0 Å². The molecular weight excluding hydrogens is 252 g/mol. The molecular formula is C16H24N2O2. The van der Waals surface area contributed by atoms with E-state index < -0.39 is 5.54 Å². The SMILES string of the molecule is CC(C)/C=C/C(=O)N1CCC2CC21C(=O)NC1CCC1. The summed E-state index contributed by atoms with van der Waals surface area (Å²) in [6, 6.07) is 0.349. The molecule has 0 aromatic heterocycles. The van der Waals surface area contributed by atoms with Crippen LogP contribution in [0.1, 0.15) is 46.0 Å². The number of nitrogens with one attached hydrogen (secondary N) is 1. The summed E-state index contributed by atoms with van der Waals surface area (Å²) in [5.41, 5.74) is -0.506. The fourth-order valence-electron chi connectivity index (χ4n) is 3.41. The predicted octanol–water partition coefficient (Wildman–Crippen LogP) is 1.86. The fourth-order valence-corrected chi connectivity index (χ4v) is 3.41. The van der Waals surface area contributed by atoms with Crippen molar-refractivity contribution >= 4 is 11.8 Å². The Kier molecular flexibility index (Phi) is 3.35. The number of likely N-dealkylation sites (tertiary alicyclic amines) is 1. The Morgan fingerprint density at radius 1 is 1.30 bits per heavy atom. The van der Waals surface area contributed by atoms with Crippen molar-refractivity contribution in [2.75, 3.05) is 6.54 Å². The quantitative estimate of drug-likeness (QED) is 0.797. The van der Waals surface area contributed by atoms with E-state index in [-0.39, 0.29) is 11.8 Å². The first-order chi connectivity index (χ1) is 9.54. The van der Waals surface area contributed by atoms with E-state index in [1.54, 1.807) is 6.08 Å². The lowest BCUT2D eigenvalue weighted by molar-refractivity contribution is -0.138. The molecule has 3 fully saturated rings. The number of rotatable bonds is 4. The minimum Gasteiger partial charge on any atom is -0.351 e. The molecule has 3 aliphatic rings. The van der Waals surface area contributed by atoms with Crippen molar-refractivity contribution in [1.29, 1.82) is 0 Å². The van der Waals surface area contributed by atoms with Crippen LogP contribution in [0.5, 0.6) is 0 Å². The molecule has 4 nitrogen and oxygen atoms in total. The maximum Gasteiger partial charge on any atom is 0.247 e. The average Bonchev–Trinajstić information content (AvgIpc) is 2.97. The molecule has 1 saturated heterocycles. The Morgan fingerprint density at radius 2 is 2.05 bits per heavy atom. The van der Waals surface area contributed by atoms with Crippen molar-refractivity contribution in [1.82, 2.24) is 10.2 Å². The zero-order chi connectivity index (χ0) is 14.3. The third-order valence-corrected chi connectivity index (χ3v) is 4.98. The molecule has 0 bridgehead atoms. The molecule has 2 aliphatic carbocycles. The minimum absolute atomic E-state index is 0.00228. The number of hydrogen-bond acceptors (Lipinski definition) is 2. The highest BCUT2D eigenvalue weighted by molar-refractivity contribution is 5.98. The van der Waals surface area contributed by atoms with Crippen molar-refractivity contribution in [3.8, 4) is 0 Å². The topological polar surface area (TPSA) is 49.4 Å². The monoisotopic (exact) mass is 276 g/mol. The highest BCUT2D eigenvalue weighted by Crippen LogP contribution is 2.56. The van der Waals surface area contributed by atoms with Crippen LogP contribution in [0.3, 0.4) is 0 Å². The van der Waals surface area contributed by atoms with Crippen molar-refractivity contribution in [2.45, 2.75) is 57.5 Å². The van der Waals surface area contributed by atoms with Crippen LogP contribution in [0, 0.1) is 11.8 Å². The van der Waals surface area contributed by atoms with Gasteiger partial charge in [0.2, 0.25) is 11.8 Å². The second kappa shape index (κ2) is 4.90. The fraction of sp³-hybridized carbons (Fsp3) is 0.750. The molecule has 20 heavy (non-hydrogen) atoms. The van der Waals surface area contributed by atoms with Gasteiger partial charge in [0.1, 0.15) is 5.54 Å². The van der Waals surface area contributed by atoms with E-state index in [2.05, 4.69) is 5.32 Å². The van der Waals surface area contributed by atoms with Crippen LogP contribution < -0.4 is 5.32 Å². The van der Waals surface area contributed by atoms with E-state index in [9.17, 15) is 9.59 Å². The zero-order valence-electron chi connectivity index (χ0n) is 12.4. The molecule has 4 heteroatoms. The molecule has 3 rings (SSSR count). The van der Waals surface area contributed by atoms with E-state index in [1.165, 1.54) is 6.42 Å². The largest absolute Gasteiger partial charge is 0.351 e. The molecule has 2 amide bonds. The minimum atomic E-state index is -0.506. The van der Waals surface area contributed by atoms with E-state index >= 15 is 0 Å². The lowest BCUT2D eigenvalue weighted by Crippen LogP contribution is -2.53. The molecule has 0 aromatic rings. The van der Waals surface area contributed by atoms with Crippen LogP contribution in [-0.2, 0) is 9.59 Å². The lowest BCUT2D eigenvalue weighted by Gasteiger charge is -2.32. The summed E-state index contributed by atoms with van der Waals surface area (Å²) in [5.74, 6) is 0.841. The van der Waals surface area contributed by atoms with Gasteiger partial charge in [-0.25, -0.2) is 0 Å². The van der Waals surface area contributed by atoms with E-state index in [0.29, 0.717) is 17.9 Å². The Labute approximate surface area is 120 Å². The van der Waals surface area contributed by atoms with Crippen LogP contribution in [-0.4, -0.2) is 34.8 Å². The lowest BCUT2D eigenvalue weighted by atomic mass is 9.92. The van der Waals surface area contributed by atoms with Gasteiger partial charge in [-0.05, 0) is 50.0 Å². The van der Waals surface area contributed by atoms with Crippen molar-refractivity contribution in [3.05, 3.63) is 12.2 Å². The van der Waals surface area contributed by atoms with Gasteiger partial charge < -0.3 is 10.2 Å². The molecule has 2 unspecified atom stereocenters. The molecule has 2 saturated carbocycles. The summed E-state index contributed by atoms with van der Waals surface area (Å²) in [7, 11) is 0. The van der Waals surface area contributed by atoms with E-state index in [0.717, 1.165) is 32.2 Å². The van der Waals surface area contributed by atoms with Gasteiger partial charge in [-0.15, -0.1) is 0 Å². The summed E-state index contributed by atoms with van der Waals surface area (Å²) in [6.07, 6.45) is 8.77. The van der Waals surface area contributed by atoms with Gasteiger partial charge in [0.05, 0.1) is 0 Å². The van der Waals surface area contributed by atoms with E-state index in [1.807, 2.05) is 24.8 Å². The summed E-state index contributed by atoms with van der Waals surface area (Å²) < 4.78 is 0. The molecule has 2 atom stereocenters. The predicted molar refractivity (Wildman–Crippen MR) is 76.9 cm³/mol. The molecule has 1 heterocycles. The molecule has 0 aromatic carbocycles.